The molecule has 2 rings (SSSR count). The topological polar surface area (TPSA) is 169 Å². The van der Waals surface area contributed by atoms with Gasteiger partial charge in [-0.15, -0.1) is 0 Å². The van der Waals surface area contributed by atoms with E-state index in [1.54, 1.807) is 0 Å². The highest BCUT2D eigenvalue weighted by Gasteiger charge is 2.32. The number of benzene rings is 2. The second-order valence-electron chi connectivity index (χ2n) is 4.42. The normalized spacial score (nSPS) is 10.4. The summed E-state index contributed by atoms with van der Waals surface area (Å²) in [7, 11) is 0. The Balaban J connectivity index is 3.25. The second kappa shape index (κ2) is 5.30. The van der Waals surface area contributed by atoms with Crippen molar-refractivity contribution in [2.75, 3.05) is 0 Å². The molecule has 9 nitrogen and oxygen atoms in total. The fourth-order valence-electron chi connectivity index (χ4n) is 2.34. The molecule has 0 amide bonds. The zero-order valence-electron chi connectivity index (χ0n) is 11.1. The number of hydrogen-bond acceptors (Lipinski definition) is 5. The molecular formula is C14H8O9. The standard InChI is InChI=1S/C14H8O9/c15-10-6-4(2-1-3-5(6)11(16)17)7(12(18)19)8(13(20)21)9(10)14(22)23/h1-3,15H,(H,16,17)(H,18,19)(H,20,21)(H,22,23). The molecule has 9 heteroatoms. The molecule has 2 aromatic carbocycles. The first-order chi connectivity index (χ1) is 10.7. The lowest BCUT2D eigenvalue weighted by Crippen LogP contribution is -2.16. The summed E-state index contributed by atoms with van der Waals surface area (Å²) in [5.41, 5.74) is -3.78. The molecule has 2 aromatic rings. The van der Waals surface area contributed by atoms with Crippen molar-refractivity contribution in [3.63, 3.8) is 0 Å². The average Bonchev–Trinajstić information content (AvgIpc) is 2.44. The number of phenols is 1. The summed E-state index contributed by atoms with van der Waals surface area (Å²) in [6.45, 7) is 0. The molecule has 0 saturated carbocycles. The summed E-state index contributed by atoms with van der Waals surface area (Å²) in [4.78, 5) is 45.2. The van der Waals surface area contributed by atoms with E-state index in [4.69, 9.17) is 15.3 Å². The van der Waals surface area contributed by atoms with E-state index in [1.165, 1.54) is 0 Å². The molecule has 0 aromatic heterocycles. The number of carboxylic acid groups (broad SMARTS) is 4. The van der Waals surface area contributed by atoms with Crippen LogP contribution in [-0.4, -0.2) is 49.4 Å². The van der Waals surface area contributed by atoms with Crippen molar-refractivity contribution in [3.05, 3.63) is 40.5 Å². The summed E-state index contributed by atoms with van der Waals surface area (Å²) >= 11 is 0. The average molecular weight is 320 g/mol. The lowest BCUT2D eigenvalue weighted by atomic mass is 9.90. The van der Waals surface area contributed by atoms with Crippen LogP contribution in [0.25, 0.3) is 10.8 Å². The zero-order valence-corrected chi connectivity index (χ0v) is 11.1. The molecule has 0 atom stereocenters. The predicted octanol–water partition coefficient (Wildman–Crippen LogP) is 1.34. The smallest absolute Gasteiger partial charge is 0.340 e. The van der Waals surface area contributed by atoms with Crippen molar-refractivity contribution in [2.24, 2.45) is 0 Å². The van der Waals surface area contributed by atoms with E-state index in [0.29, 0.717) is 0 Å². The van der Waals surface area contributed by atoms with Crippen LogP contribution >= 0.6 is 0 Å². The Kier molecular flexibility index (Phi) is 3.63. The van der Waals surface area contributed by atoms with E-state index < -0.39 is 62.7 Å². The van der Waals surface area contributed by atoms with E-state index in [-0.39, 0.29) is 0 Å². The Morgan fingerprint density at radius 1 is 0.696 bits per heavy atom. The summed E-state index contributed by atoms with van der Waals surface area (Å²) in [6, 6.07) is 3.27. The van der Waals surface area contributed by atoms with Crippen LogP contribution in [0, 0.1) is 0 Å². The monoisotopic (exact) mass is 320 g/mol. The molecule has 23 heavy (non-hydrogen) atoms. The van der Waals surface area contributed by atoms with Crippen LogP contribution in [0.15, 0.2) is 18.2 Å². The zero-order chi connectivity index (χ0) is 17.5. The summed E-state index contributed by atoms with van der Waals surface area (Å²) < 4.78 is 0. The van der Waals surface area contributed by atoms with Gasteiger partial charge in [0.1, 0.15) is 11.3 Å². The van der Waals surface area contributed by atoms with E-state index >= 15 is 0 Å². The van der Waals surface area contributed by atoms with Crippen molar-refractivity contribution in [1.29, 1.82) is 0 Å². The maximum atomic E-state index is 11.4. The number of carbonyl (C=O) groups is 4. The molecular weight excluding hydrogens is 312 g/mol. The van der Waals surface area contributed by atoms with Gasteiger partial charge in [-0.1, -0.05) is 12.1 Å². The lowest BCUT2D eigenvalue weighted by molar-refractivity contribution is 0.0632. The quantitative estimate of drug-likeness (QED) is 0.557. The third-order valence-electron chi connectivity index (χ3n) is 3.18. The maximum Gasteiger partial charge on any atom is 0.340 e. The molecule has 0 aliphatic carbocycles. The Labute approximate surface area is 126 Å². The van der Waals surface area contributed by atoms with Gasteiger partial charge in [0.15, 0.2) is 0 Å². The molecule has 0 radical (unpaired) electrons. The minimum Gasteiger partial charge on any atom is -0.506 e. The van der Waals surface area contributed by atoms with Gasteiger partial charge in [-0.25, -0.2) is 19.2 Å². The fraction of sp³-hybridized carbons (Fsp3) is 0. The van der Waals surface area contributed by atoms with E-state index in [9.17, 15) is 29.4 Å². The van der Waals surface area contributed by atoms with Crippen LogP contribution in [0.4, 0.5) is 0 Å². The molecule has 5 N–H and O–H groups in total. The maximum absolute atomic E-state index is 11.4. The molecule has 0 bridgehead atoms. The van der Waals surface area contributed by atoms with E-state index in [2.05, 4.69) is 0 Å². The van der Waals surface area contributed by atoms with Gasteiger partial charge in [-0.3, -0.25) is 0 Å². The Hall–Kier alpha value is -3.62. The number of carboxylic acids is 4. The minimum atomic E-state index is -1.90. The lowest BCUT2D eigenvalue weighted by Gasteiger charge is -2.14. The molecule has 118 valence electrons. The van der Waals surface area contributed by atoms with Crippen molar-refractivity contribution < 1.29 is 44.7 Å². The summed E-state index contributed by atoms with van der Waals surface area (Å²) in [5.74, 6) is -8.20. The highest BCUT2D eigenvalue weighted by molar-refractivity contribution is 6.22. The first kappa shape index (κ1) is 15.8. The van der Waals surface area contributed by atoms with E-state index in [1.807, 2.05) is 0 Å². The Morgan fingerprint density at radius 2 is 1.22 bits per heavy atom. The molecule has 0 heterocycles. The van der Waals surface area contributed by atoms with Crippen molar-refractivity contribution in [3.8, 4) is 5.75 Å². The highest BCUT2D eigenvalue weighted by Crippen LogP contribution is 2.38. The first-order valence-corrected chi connectivity index (χ1v) is 5.93. The largest absolute Gasteiger partial charge is 0.506 e. The number of aromatic hydroxyl groups is 1. The van der Waals surface area contributed by atoms with Crippen molar-refractivity contribution >= 4 is 34.6 Å². The third kappa shape index (κ3) is 2.29. The Bertz CT molecular complexity index is 895. The van der Waals surface area contributed by atoms with Gasteiger partial charge in [-0.2, -0.15) is 0 Å². The van der Waals surface area contributed by atoms with Crippen molar-refractivity contribution in [1.82, 2.24) is 0 Å². The molecule has 0 saturated heterocycles. The summed E-state index contributed by atoms with van der Waals surface area (Å²) in [6.07, 6.45) is 0. The van der Waals surface area contributed by atoms with Gasteiger partial charge >= 0.3 is 23.9 Å². The number of aromatic carboxylic acids is 4. The second-order valence-corrected chi connectivity index (χ2v) is 4.42. The van der Waals surface area contributed by atoms with Gasteiger partial charge < -0.3 is 25.5 Å². The molecule has 0 unspecified atom stereocenters. The van der Waals surface area contributed by atoms with Gasteiger partial charge in [-0.05, 0) is 6.07 Å². The number of fused-ring (bicyclic) bond motifs is 1. The molecule has 0 spiro atoms. The van der Waals surface area contributed by atoms with Crippen LogP contribution < -0.4 is 0 Å². The van der Waals surface area contributed by atoms with Crippen molar-refractivity contribution in [2.45, 2.75) is 0 Å². The third-order valence-corrected chi connectivity index (χ3v) is 3.18. The fourth-order valence-corrected chi connectivity index (χ4v) is 2.34. The predicted molar refractivity (Wildman–Crippen MR) is 73.5 cm³/mol. The molecule has 0 aliphatic heterocycles. The number of hydrogen-bond donors (Lipinski definition) is 5. The van der Waals surface area contributed by atoms with Gasteiger partial charge in [0.2, 0.25) is 0 Å². The van der Waals surface area contributed by atoms with Gasteiger partial charge in [0.25, 0.3) is 0 Å². The van der Waals surface area contributed by atoms with Crippen LogP contribution in [0.1, 0.15) is 41.4 Å². The van der Waals surface area contributed by atoms with E-state index in [0.717, 1.165) is 18.2 Å². The number of rotatable bonds is 4. The van der Waals surface area contributed by atoms with Crippen LogP contribution in [-0.2, 0) is 0 Å². The first-order valence-electron chi connectivity index (χ1n) is 5.93. The van der Waals surface area contributed by atoms with Crippen LogP contribution in [0.5, 0.6) is 5.75 Å². The molecule has 0 aliphatic rings. The van der Waals surface area contributed by atoms with Crippen LogP contribution in [0.3, 0.4) is 0 Å². The van der Waals surface area contributed by atoms with Crippen LogP contribution in [0.2, 0.25) is 0 Å². The Morgan fingerprint density at radius 3 is 1.65 bits per heavy atom. The van der Waals surface area contributed by atoms with Gasteiger partial charge in [0, 0.05) is 10.8 Å². The SMILES string of the molecule is O=C(O)c1c(C(=O)O)c(O)c2c(C(=O)O)cccc2c1C(=O)O. The minimum absolute atomic E-state index is 0.391. The molecule has 0 fully saturated rings. The highest BCUT2D eigenvalue weighted by atomic mass is 16.4. The summed E-state index contributed by atoms with van der Waals surface area (Å²) in [5, 5.41) is 45.8. The van der Waals surface area contributed by atoms with Gasteiger partial charge in [0.05, 0.1) is 16.7 Å².